The SMILES string of the molecule is COC1(C(O)c2cccc(Cl)c2Cl)CCCCCC1. The van der Waals surface area contributed by atoms with Gasteiger partial charge in [0, 0.05) is 12.7 Å². The normalized spacial score (nSPS) is 20.8. The molecule has 0 bridgehead atoms. The van der Waals surface area contributed by atoms with Crippen LogP contribution in [0.5, 0.6) is 0 Å². The first-order valence-corrected chi connectivity index (χ1v) is 7.53. The van der Waals surface area contributed by atoms with Crippen molar-refractivity contribution >= 4 is 23.2 Å². The molecule has 1 aromatic carbocycles. The minimum Gasteiger partial charge on any atom is -0.385 e. The van der Waals surface area contributed by atoms with Crippen LogP contribution in [0.2, 0.25) is 10.0 Å². The molecule has 2 rings (SSSR count). The third-order valence-corrected chi connectivity index (χ3v) is 4.96. The zero-order valence-corrected chi connectivity index (χ0v) is 12.7. The Kier molecular flexibility index (Phi) is 5.13. The van der Waals surface area contributed by atoms with E-state index >= 15 is 0 Å². The van der Waals surface area contributed by atoms with E-state index in [9.17, 15) is 5.11 Å². The summed E-state index contributed by atoms with van der Waals surface area (Å²) in [6, 6.07) is 5.37. The van der Waals surface area contributed by atoms with Crippen LogP contribution in [0.4, 0.5) is 0 Å². The Hall–Kier alpha value is -0.280. The maximum atomic E-state index is 10.8. The molecule has 1 aliphatic carbocycles. The van der Waals surface area contributed by atoms with Crippen molar-refractivity contribution in [2.75, 3.05) is 7.11 Å². The molecule has 2 nitrogen and oxygen atoms in total. The largest absolute Gasteiger partial charge is 0.385 e. The summed E-state index contributed by atoms with van der Waals surface area (Å²) in [6.07, 6.45) is 5.51. The van der Waals surface area contributed by atoms with Crippen LogP contribution < -0.4 is 0 Å². The highest BCUT2D eigenvalue weighted by Gasteiger charge is 2.40. The first-order valence-electron chi connectivity index (χ1n) is 6.78. The Morgan fingerprint density at radius 3 is 2.37 bits per heavy atom. The molecule has 1 aliphatic rings. The van der Waals surface area contributed by atoms with Gasteiger partial charge in [-0.3, -0.25) is 0 Å². The van der Waals surface area contributed by atoms with Crippen molar-refractivity contribution < 1.29 is 9.84 Å². The second kappa shape index (κ2) is 6.45. The molecule has 1 atom stereocenters. The van der Waals surface area contributed by atoms with E-state index in [0.717, 1.165) is 25.7 Å². The molecule has 106 valence electrons. The van der Waals surface area contributed by atoms with Crippen LogP contribution in [0, 0.1) is 0 Å². The van der Waals surface area contributed by atoms with E-state index in [4.69, 9.17) is 27.9 Å². The molecular weight excluding hydrogens is 283 g/mol. The summed E-state index contributed by atoms with van der Waals surface area (Å²) in [5.74, 6) is 0. The summed E-state index contributed by atoms with van der Waals surface area (Å²) < 4.78 is 5.72. The van der Waals surface area contributed by atoms with Gasteiger partial charge in [-0.05, 0) is 18.9 Å². The van der Waals surface area contributed by atoms with Crippen LogP contribution in [0.3, 0.4) is 0 Å². The molecular formula is C15H20Cl2O2. The Labute approximate surface area is 124 Å². The molecule has 0 aromatic heterocycles. The van der Waals surface area contributed by atoms with Crippen LogP contribution in [0.1, 0.15) is 50.2 Å². The van der Waals surface area contributed by atoms with Crippen LogP contribution in [-0.2, 0) is 4.74 Å². The number of hydrogen-bond acceptors (Lipinski definition) is 2. The molecule has 1 N–H and O–H groups in total. The molecule has 0 amide bonds. The number of hydrogen-bond donors (Lipinski definition) is 1. The number of methoxy groups -OCH3 is 1. The van der Waals surface area contributed by atoms with E-state index in [1.807, 2.05) is 12.1 Å². The highest BCUT2D eigenvalue weighted by Crippen LogP contribution is 2.43. The van der Waals surface area contributed by atoms with Gasteiger partial charge in [-0.25, -0.2) is 0 Å². The second-order valence-electron chi connectivity index (χ2n) is 5.23. The van der Waals surface area contributed by atoms with E-state index in [2.05, 4.69) is 0 Å². The van der Waals surface area contributed by atoms with Gasteiger partial charge >= 0.3 is 0 Å². The van der Waals surface area contributed by atoms with Gasteiger partial charge in [-0.15, -0.1) is 0 Å². The first kappa shape index (κ1) is 15.1. The van der Waals surface area contributed by atoms with Gasteiger partial charge in [0.25, 0.3) is 0 Å². The number of ether oxygens (including phenoxy) is 1. The summed E-state index contributed by atoms with van der Waals surface area (Å²) in [4.78, 5) is 0. The fourth-order valence-corrected chi connectivity index (χ4v) is 3.34. The molecule has 19 heavy (non-hydrogen) atoms. The van der Waals surface area contributed by atoms with Crippen molar-refractivity contribution in [1.29, 1.82) is 0 Å². The predicted octanol–water partition coefficient (Wildman–Crippen LogP) is 4.77. The van der Waals surface area contributed by atoms with E-state index in [0.29, 0.717) is 15.6 Å². The Morgan fingerprint density at radius 2 is 1.79 bits per heavy atom. The van der Waals surface area contributed by atoms with Gasteiger partial charge in [0.2, 0.25) is 0 Å². The van der Waals surface area contributed by atoms with Gasteiger partial charge in [0.15, 0.2) is 0 Å². The molecule has 0 heterocycles. The maximum Gasteiger partial charge on any atom is 0.109 e. The van der Waals surface area contributed by atoms with E-state index < -0.39 is 11.7 Å². The highest BCUT2D eigenvalue weighted by atomic mass is 35.5. The molecule has 1 saturated carbocycles. The van der Waals surface area contributed by atoms with Gasteiger partial charge in [0.05, 0.1) is 15.6 Å². The lowest BCUT2D eigenvalue weighted by molar-refractivity contribution is -0.114. The summed E-state index contributed by atoms with van der Waals surface area (Å²) in [7, 11) is 1.67. The molecule has 1 aromatic rings. The highest BCUT2D eigenvalue weighted by molar-refractivity contribution is 6.42. The summed E-state index contributed by atoms with van der Waals surface area (Å²) in [5, 5.41) is 11.7. The lowest BCUT2D eigenvalue weighted by Gasteiger charge is -2.36. The van der Waals surface area contributed by atoms with Crippen LogP contribution in [0.25, 0.3) is 0 Å². The minimum atomic E-state index is -0.734. The van der Waals surface area contributed by atoms with Gasteiger partial charge in [-0.2, -0.15) is 0 Å². The van der Waals surface area contributed by atoms with Crippen molar-refractivity contribution in [3.63, 3.8) is 0 Å². The number of benzene rings is 1. The lowest BCUT2D eigenvalue weighted by atomic mass is 9.84. The summed E-state index contributed by atoms with van der Waals surface area (Å²) >= 11 is 12.3. The smallest absolute Gasteiger partial charge is 0.109 e. The first-order chi connectivity index (χ1) is 9.10. The Bertz CT molecular complexity index is 426. The fraction of sp³-hybridized carbons (Fsp3) is 0.600. The molecule has 0 saturated heterocycles. The quantitative estimate of drug-likeness (QED) is 0.815. The van der Waals surface area contributed by atoms with Gasteiger partial charge in [0.1, 0.15) is 6.10 Å². The van der Waals surface area contributed by atoms with Crippen LogP contribution in [0.15, 0.2) is 18.2 Å². The zero-order valence-electron chi connectivity index (χ0n) is 11.2. The Morgan fingerprint density at radius 1 is 1.16 bits per heavy atom. The zero-order chi connectivity index (χ0) is 13.9. The molecule has 1 fully saturated rings. The lowest BCUT2D eigenvalue weighted by Crippen LogP contribution is -2.38. The van der Waals surface area contributed by atoms with Crippen LogP contribution >= 0.6 is 23.2 Å². The molecule has 4 heteroatoms. The topological polar surface area (TPSA) is 29.5 Å². The number of aliphatic hydroxyl groups excluding tert-OH is 1. The van der Waals surface area contributed by atoms with Gasteiger partial charge in [-0.1, -0.05) is 61.0 Å². The van der Waals surface area contributed by atoms with Crippen molar-refractivity contribution in [2.24, 2.45) is 0 Å². The van der Waals surface area contributed by atoms with Crippen molar-refractivity contribution in [2.45, 2.75) is 50.2 Å². The van der Waals surface area contributed by atoms with E-state index in [1.165, 1.54) is 12.8 Å². The Balaban J connectivity index is 2.34. The van der Waals surface area contributed by atoms with Crippen molar-refractivity contribution in [3.8, 4) is 0 Å². The van der Waals surface area contributed by atoms with Gasteiger partial charge < -0.3 is 9.84 Å². The number of rotatable bonds is 3. The number of halogens is 2. The standard InChI is InChI=1S/C15H20Cl2O2/c1-19-15(9-4-2-3-5-10-15)14(18)11-7-6-8-12(16)13(11)17/h6-8,14,18H,2-5,9-10H2,1H3. The molecule has 0 aliphatic heterocycles. The van der Waals surface area contributed by atoms with Crippen molar-refractivity contribution in [3.05, 3.63) is 33.8 Å². The fourth-order valence-electron chi connectivity index (χ4n) is 2.93. The third kappa shape index (κ3) is 3.08. The molecule has 0 spiro atoms. The molecule has 0 radical (unpaired) electrons. The average Bonchev–Trinajstić information content (AvgIpc) is 2.67. The maximum absolute atomic E-state index is 10.8. The third-order valence-electron chi connectivity index (χ3n) is 4.13. The minimum absolute atomic E-state index is 0.428. The summed E-state index contributed by atoms with van der Waals surface area (Å²) in [5.41, 5.74) is 0.128. The summed E-state index contributed by atoms with van der Waals surface area (Å²) in [6.45, 7) is 0. The van der Waals surface area contributed by atoms with E-state index in [-0.39, 0.29) is 0 Å². The van der Waals surface area contributed by atoms with E-state index in [1.54, 1.807) is 13.2 Å². The second-order valence-corrected chi connectivity index (χ2v) is 6.01. The van der Waals surface area contributed by atoms with Crippen LogP contribution in [-0.4, -0.2) is 17.8 Å². The average molecular weight is 303 g/mol. The monoisotopic (exact) mass is 302 g/mol. The predicted molar refractivity (Wildman–Crippen MR) is 78.9 cm³/mol. The van der Waals surface area contributed by atoms with Crippen molar-refractivity contribution in [1.82, 2.24) is 0 Å². The molecule has 1 unspecified atom stereocenters. The number of aliphatic hydroxyl groups is 1.